The zero-order valence-electron chi connectivity index (χ0n) is 15.3. The number of rotatable bonds is 4. The lowest BCUT2D eigenvalue weighted by atomic mass is 10.1. The van der Waals surface area contributed by atoms with Crippen molar-refractivity contribution >= 4 is 33.4 Å². The normalized spacial score (nSPS) is 14.4. The Morgan fingerprint density at radius 2 is 1.74 bits per heavy atom. The molecule has 1 aliphatic rings. The highest BCUT2D eigenvalue weighted by Gasteiger charge is 2.18. The fourth-order valence-corrected chi connectivity index (χ4v) is 3.74. The summed E-state index contributed by atoms with van der Waals surface area (Å²) in [7, 11) is 1.58. The topological polar surface area (TPSA) is 58.6 Å². The predicted octanol–water partition coefficient (Wildman–Crippen LogP) is 4.73. The lowest BCUT2D eigenvalue weighted by Crippen LogP contribution is -2.31. The van der Waals surface area contributed by atoms with Crippen LogP contribution in [0.5, 0.6) is 5.75 Å². The summed E-state index contributed by atoms with van der Waals surface area (Å²) in [4.78, 5) is 27.2. The van der Waals surface area contributed by atoms with E-state index in [1.807, 2.05) is 4.90 Å². The van der Waals surface area contributed by atoms with Crippen LogP contribution in [0.3, 0.4) is 0 Å². The molecule has 1 N–H and O–H groups in total. The fraction of sp³-hybridized carbons (Fsp3) is 0.333. The number of benzene rings is 2. The van der Waals surface area contributed by atoms with Gasteiger partial charge >= 0.3 is 0 Å². The minimum atomic E-state index is -0.238. The number of carbonyl (C=O) groups is 2. The number of hydrogen-bond acceptors (Lipinski definition) is 3. The molecule has 142 valence electrons. The van der Waals surface area contributed by atoms with Crippen molar-refractivity contribution in [3.8, 4) is 5.75 Å². The van der Waals surface area contributed by atoms with E-state index in [0.29, 0.717) is 27.0 Å². The third-order valence-electron chi connectivity index (χ3n) is 4.67. The average molecular weight is 431 g/mol. The van der Waals surface area contributed by atoms with E-state index < -0.39 is 0 Å². The standard InChI is InChI=1S/C21H23BrN2O3/c1-27-19-10-9-15(14-18(19)22)20(25)23-17-8-6-7-16(13-17)21(26)24-11-4-2-3-5-12-24/h6-10,13-14H,2-5,11-12H2,1H3,(H,23,25). The fourth-order valence-electron chi connectivity index (χ4n) is 3.20. The Labute approximate surface area is 167 Å². The summed E-state index contributed by atoms with van der Waals surface area (Å²) in [6.45, 7) is 1.60. The number of amides is 2. The van der Waals surface area contributed by atoms with Gasteiger partial charge in [-0.2, -0.15) is 0 Å². The molecule has 2 aromatic carbocycles. The third-order valence-corrected chi connectivity index (χ3v) is 5.29. The van der Waals surface area contributed by atoms with Crippen molar-refractivity contribution in [2.24, 2.45) is 0 Å². The lowest BCUT2D eigenvalue weighted by Gasteiger charge is -2.20. The van der Waals surface area contributed by atoms with Crippen molar-refractivity contribution in [2.75, 3.05) is 25.5 Å². The molecular weight excluding hydrogens is 408 g/mol. The van der Waals surface area contributed by atoms with Gasteiger partial charge in [0, 0.05) is 29.9 Å². The van der Waals surface area contributed by atoms with Crippen LogP contribution in [0, 0.1) is 0 Å². The van der Waals surface area contributed by atoms with Crippen molar-refractivity contribution in [1.29, 1.82) is 0 Å². The maximum Gasteiger partial charge on any atom is 0.255 e. The first kappa shape index (κ1) is 19.4. The van der Waals surface area contributed by atoms with E-state index in [1.54, 1.807) is 49.6 Å². The van der Waals surface area contributed by atoms with Crippen LogP contribution in [-0.2, 0) is 0 Å². The molecule has 0 radical (unpaired) electrons. The van der Waals surface area contributed by atoms with E-state index in [9.17, 15) is 9.59 Å². The number of nitrogens with one attached hydrogen (secondary N) is 1. The molecule has 2 amide bonds. The molecule has 0 saturated carbocycles. The van der Waals surface area contributed by atoms with Gasteiger partial charge in [0.2, 0.25) is 0 Å². The molecule has 0 spiro atoms. The van der Waals surface area contributed by atoms with Crippen molar-refractivity contribution in [1.82, 2.24) is 4.90 Å². The van der Waals surface area contributed by atoms with E-state index in [4.69, 9.17) is 4.74 Å². The second kappa shape index (κ2) is 9.04. The van der Waals surface area contributed by atoms with Gasteiger partial charge in [-0.15, -0.1) is 0 Å². The molecule has 1 heterocycles. The zero-order valence-corrected chi connectivity index (χ0v) is 16.9. The predicted molar refractivity (Wildman–Crippen MR) is 109 cm³/mol. The minimum Gasteiger partial charge on any atom is -0.496 e. The van der Waals surface area contributed by atoms with Crippen LogP contribution in [0.25, 0.3) is 0 Å². The number of anilines is 1. The van der Waals surface area contributed by atoms with Gasteiger partial charge in [-0.3, -0.25) is 9.59 Å². The molecule has 0 unspecified atom stereocenters. The Kier molecular flexibility index (Phi) is 6.50. The summed E-state index contributed by atoms with van der Waals surface area (Å²) in [5.41, 5.74) is 1.71. The van der Waals surface area contributed by atoms with Crippen molar-refractivity contribution in [2.45, 2.75) is 25.7 Å². The molecule has 0 aromatic heterocycles. The van der Waals surface area contributed by atoms with Crippen LogP contribution in [0.15, 0.2) is 46.9 Å². The highest BCUT2D eigenvalue weighted by Crippen LogP contribution is 2.26. The summed E-state index contributed by atoms with van der Waals surface area (Å²) in [6, 6.07) is 12.3. The number of halogens is 1. The second-order valence-corrected chi connectivity index (χ2v) is 7.45. The van der Waals surface area contributed by atoms with Crippen LogP contribution < -0.4 is 10.1 Å². The highest BCUT2D eigenvalue weighted by molar-refractivity contribution is 9.10. The van der Waals surface area contributed by atoms with Crippen LogP contribution in [0.2, 0.25) is 0 Å². The Morgan fingerprint density at radius 1 is 1.00 bits per heavy atom. The Morgan fingerprint density at radius 3 is 2.41 bits per heavy atom. The molecule has 0 aliphatic carbocycles. The number of ether oxygens (including phenoxy) is 1. The first-order valence-corrected chi connectivity index (χ1v) is 9.92. The molecule has 5 nitrogen and oxygen atoms in total. The van der Waals surface area contributed by atoms with Gasteiger partial charge < -0.3 is 15.0 Å². The Hall–Kier alpha value is -2.34. The van der Waals surface area contributed by atoms with Gasteiger partial charge in [-0.1, -0.05) is 18.9 Å². The van der Waals surface area contributed by atoms with Gasteiger partial charge in [-0.25, -0.2) is 0 Å². The summed E-state index contributed by atoms with van der Waals surface area (Å²) < 4.78 is 5.90. The van der Waals surface area contributed by atoms with E-state index >= 15 is 0 Å². The van der Waals surface area contributed by atoms with Crippen LogP contribution in [-0.4, -0.2) is 36.9 Å². The third kappa shape index (κ3) is 4.89. The van der Waals surface area contributed by atoms with E-state index in [2.05, 4.69) is 21.2 Å². The molecule has 1 saturated heterocycles. The van der Waals surface area contributed by atoms with Crippen LogP contribution in [0.4, 0.5) is 5.69 Å². The lowest BCUT2D eigenvalue weighted by molar-refractivity contribution is 0.0761. The van der Waals surface area contributed by atoms with Crippen molar-refractivity contribution < 1.29 is 14.3 Å². The minimum absolute atomic E-state index is 0.0280. The molecule has 0 atom stereocenters. The number of methoxy groups -OCH3 is 1. The van der Waals surface area contributed by atoms with E-state index in [1.165, 1.54) is 12.8 Å². The molecule has 1 fully saturated rings. The number of hydrogen-bond donors (Lipinski definition) is 1. The van der Waals surface area contributed by atoms with E-state index in [-0.39, 0.29) is 11.8 Å². The smallest absolute Gasteiger partial charge is 0.255 e. The maximum absolute atomic E-state index is 12.8. The Balaban J connectivity index is 1.72. The van der Waals surface area contributed by atoms with E-state index in [0.717, 1.165) is 25.9 Å². The van der Waals surface area contributed by atoms with Gasteiger partial charge in [0.15, 0.2) is 0 Å². The summed E-state index contributed by atoms with van der Waals surface area (Å²) in [5.74, 6) is 0.453. The second-order valence-electron chi connectivity index (χ2n) is 6.59. The first-order chi connectivity index (χ1) is 13.1. The first-order valence-electron chi connectivity index (χ1n) is 9.13. The van der Waals surface area contributed by atoms with Gasteiger partial charge in [0.1, 0.15) is 5.75 Å². The quantitative estimate of drug-likeness (QED) is 0.762. The zero-order chi connectivity index (χ0) is 19.2. The largest absolute Gasteiger partial charge is 0.496 e. The number of carbonyl (C=O) groups excluding carboxylic acids is 2. The van der Waals surface area contributed by atoms with Crippen molar-refractivity contribution in [3.05, 3.63) is 58.1 Å². The molecular formula is C21H23BrN2O3. The monoisotopic (exact) mass is 430 g/mol. The maximum atomic E-state index is 12.8. The highest BCUT2D eigenvalue weighted by atomic mass is 79.9. The molecule has 27 heavy (non-hydrogen) atoms. The summed E-state index contributed by atoms with van der Waals surface area (Å²) >= 11 is 3.39. The van der Waals surface area contributed by atoms with Gasteiger partial charge in [0.05, 0.1) is 11.6 Å². The molecule has 6 heteroatoms. The molecule has 1 aliphatic heterocycles. The van der Waals surface area contributed by atoms with Crippen molar-refractivity contribution in [3.63, 3.8) is 0 Å². The average Bonchev–Trinajstić information content (AvgIpc) is 2.97. The summed E-state index contributed by atoms with van der Waals surface area (Å²) in [6.07, 6.45) is 4.46. The van der Waals surface area contributed by atoms with Gasteiger partial charge in [-0.05, 0) is 65.2 Å². The molecule has 2 aromatic rings. The number of nitrogens with zero attached hydrogens (tertiary/aromatic N) is 1. The number of likely N-dealkylation sites (tertiary alicyclic amines) is 1. The van der Waals surface area contributed by atoms with Crippen LogP contribution >= 0.6 is 15.9 Å². The Bertz CT molecular complexity index is 830. The van der Waals surface area contributed by atoms with Gasteiger partial charge in [0.25, 0.3) is 11.8 Å². The SMILES string of the molecule is COc1ccc(C(=O)Nc2cccc(C(=O)N3CCCCCC3)c2)cc1Br. The van der Waals surface area contributed by atoms with Crippen LogP contribution in [0.1, 0.15) is 46.4 Å². The molecule has 3 rings (SSSR count). The summed E-state index contributed by atoms with van der Waals surface area (Å²) in [5, 5.41) is 2.86. The molecule has 0 bridgehead atoms.